The van der Waals surface area contributed by atoms with Crippen molar-refractivity contribution < 1.29 is 4.79 Å². The lowest BCUT2D eigenvalue weighted by Crippen LogP contribution is -2.49. The van der Waals surface area contributed by atoms with Crippen molar-refractivity contribution in [3.63, 3.8) is 0 Å². The second-order valence-corrected chi connectivity index (χ2v) is 6.62. The fraction of sp³-hybridized carbons (Fsp3) is 0.667. The van der Waals surface area contributed by atoms with E-state index in [0.29, 0.717) is 12.6 Å². The Hall–Kier alpha value is -0.900. The lowest BCUT2D eigenvalue weighted by Gasteiger charge is -2.32. The zero-order valence-corrected chi connectivity index (χ0v) is 17.1. The highest BCUT2D eigenvalue weighted by Crippen LogP contribution is 2.13. The Bertz CT molecular complexity index is 526. The molecule has 2 rings (SSSR count). The van der Waals surface area contributed by atoms with E-state index in [0.717, 1.165) is 43.3 Å². The number of hydrogen-bond acceptors (Lipinski definition) is 4. The van der Waals surface area contributed by atoms with E-state index in [2.05, 4.69) is 27.5 Å². The van der Waals surface area contributed by atoms with Crippen molar-refractivity contribution in [3.05, 3.63) is 16.1 Å². The molecule has 8 heteroatoms. The highest BCUT2D eigenvalue weighted by atomic mass is 127. The number of carbonyl (C=O) groups is 1. The summed E-state index contributed by atoms with van der Waals surface area (Å²) in [4.78, 5) is 23.2. The van der Waals surface area contributed by atoms with Crippen LogP contribution < -0.4 is 10.6 Å². The standard InChI is InChI=1S/C15H25N5OS.HI/c1-4-13-9-17-14(22-13)10-18-15(16-3)19-12-5-7-20(8-6-12)11(2)21;/h9,12H,4-8,10H2,1-3H3,(H2,16,18,19);1H. The molecule has 1 aliphatic heterocycles. The third-order valence-electron chi connectivity index (χ3n) is 3.86. The lowest BCUT2D eigenvalue weighted by atomic mass is 10.1. The minimum atomic E-state index is 0. The van der Waals surface area contributed by atoms with Crippen molar-refractivity contribution >= 4 is 47.2 Å². The van der Waals surface area contributed by atoms with Gasteiger partial charge in [-0.15, -0.1) is 35.3 Å². The Morgan fingerprint density at radius 2 is 2.17 bits per heavy atom. The van der Waals surface area contributed by atoms with Gasteiger partial charge in [0.15, 0.2) is 5.96 Å². The number of rotatable bonds is 4. The topological polar surface area (TPSA) is 69.6 Å². The van der Waals surface area contributed by atoms with Crippen LogP contribution in [0.1, 0.15) is 36.6 Å². The molecule has 0 bridgehead atoms. The van der Waals surface area contributed by atoms with Crippen LogP contribution in [0.3, 0.4) is 0 Å². The molecule has 0 unspecified atom stereocenters. The largest absolute Gasteiger partial charge is 0.354 e. The zero-order valence-electron chi connectivity index (χ0n) is 14.0. The van der Waals surface area contributed by atoms with Crippen molar-refractivity contribution in [2.45, 2.75) is 45.7 Å². The third-order valence-corrected chi connectivity index (χ3v) is 5.00. The molecule has 0 saturated carbocycles. The van der Waals surface area contributed by atoms with E-state index in [9.17, 15) is 4.79 Å². The predicted octanol–water partition coefficient (Wildman–Crippen LogP) is 2.00. The van der Waals surface area contributed by atoms with Crippen LogP contribution in [0, 0.1) is 0 Å². The van der Waals surface area contributed by atoms with Crippen molar-refractivity contribution in [1.82, 2.24) is 20.5 Å². The molecule has 0 atom stereocenters. The minimum absolute atomic E-state index is 0. The molecule has 0 aromatic carbocycles. The number of amides is 1. The van der Waals surface area contributed by atoms with Crippen LogP contribution >= 0.6 is 35.3 Å². The number of nitrogens with zero attached hydrogens (tertiary/aromatic N) is 3. The lowest BCUT2D eigenvalue weighted by molar-refractivity contribution is -0.129. The number of piperidine rings is 1. The van der Waals surface area contributed by atoms with E-state index in [4.69, 9.17) is 0 Å². The first-order valence-corrected chi connectivity index (χ1v) is 8.60. The average molecular weight is 451 g/mol. The molecule has 1 fully saturated rings. The number of guanidine groups is 1. The molecule has 0 aliphatic carbocycles. The van der Waals surface area contributed by atoms with Gasteiger partial charge in [-0.1, -0.05) is 6.92 Å². The molecule has 0 radical (unpaired) electrons. The predicted molar refractivity (Wildman–Crippen MR) is 106 cm³/mol. The maximum absolute atomic E-state index is 11.3. The highest BCUT2D eigenvalue weighted by Gasteiger charge is 2.21. The van der Waals surface area contributed by atoms with Gasteiger partial charge in [0.05, 0.1) is 6.54 Å². The molecule has 1 aromatic rings. The Labute approximate surface area is 159 Å². The molecule has 1 aliphatic rings. The normalized spacial score (nSPS) is 16.0. The van der Waals surface area contributed by atoms with E-state index < -0.39 is 0 Å². The van der Waals surface area contributed by atoms with E-state index in [1.807, 2.05) is 11.1 Å². The fourth-order valence-corrected chi connectivity index (χ4v) is 3.28. The second-order valence-electron chi connectivity index (χ2n) is 5.42. The van der Waals surface area contributed by atoms with Crippen LogP contribution in [0.25, 0.3) is 0 Å². The Kier molecular flexibility index (Phi) is 8.82. The number of aryl methyl sites for hydroxylation is 1. The molecule has 23 heavy (non-hydrogen) atoms. The summed E-state index contributed by atoms with van der Waals surface area (Å²) in [6.45, 7) is 6.09. The number of halogens is 1. The first-order valence-electron chi connectivity index (χ1n) is 7.78. The minimum Gasteiger partial charge on any atom is -0.354 e. The molecule has 130 valence electrons. The number of aromatic nitrogens is 1. The van der Waals surface area contributed by atoms with Gasteiger partial charge in [0.25, 0.3) is 0 Å². The number of likely N-dealkylation sites (tertiary alicyclic amines) is 1. The summed E-state index contributed by atoms with van der Waals surface area (Å²) in [6, 6.07) is 0.365. The number of nitrogens with one attached hydrogen (secondary N) is 2. The van der Waals surface area contributed by atoms with Gasteiger partial charge in [0, 0.05) is 44.2 Å². The van der Waals surface area contributed by atoms with Crippen molar-refractivity contribution in [2.75, 3.05) is 20.1 Å². The highest BCUT2D eigenvalue weighted by molar-refractivity contribution is 14.0. The Balaban J connectivity index is 0.00000264. The number of hydrogen-bond donors (Lipinski definition) is 2. The van der Waals surface area contributed by atoms with Gasteiger partial charge >= 0.3 is 0 Å². The van der Waals surface area contributed by atoms with Crippen molar-refractivity contribution in [1.29, 1.82) is 0 Å². The maximum atomic E-state index is 11.3. The number of carbonyl (C=O) groups excluding carboxylic acids is 1. The second kappa shape index (κ2) is 10.1. The maximum Gasteiger partial charge on any atom is 0.219 e. The van der Waals surface area contributed by atoms with E-state index in [1.165, 1.54) is 4.88 Å². The first kappa shape index (κ1) is 20.1. The van der Waals surface area contributed by atoms with Gasteiger partial charge in [-0.25, -0.2) is 4.98 Å². The quantitative estimate of drug-likeness (QED) is 0.418. The summed E-state index contributed by atoms with van der Waals surface area (Å²) in [5.41, 5.74) is 0. The van der Waals surface area contributed by atoms with Crippen LogP contribution in [0.5, 0.6) is 0 Å². The van der Waals surface area contributed by atoms with Crippen LogP contribution in [-0.2, 0) is 17.8 Å². The summed E-state index contributed by atoms with van der Waals surface area (Å²) in [5.74, 6) is 0.964. The van der Waals surface area contributed by atoms with Gasteiger partial charge in [0.2, 0.25) is 5.91 Å². The molecular formula is C15H26IN5OS. The molecule has 1 aromatic heterocycles. The summed E-state index contributed by atoms with van der Waals surface area (Å²) < 4.78 is 0. The van der Waals surface area contributed by atoms with Crippen LogP contribution in [0.2, 0.25) is 0 Å². The van der Waals surface area contributed by atoms with E-state index in [1.54, 1.807) is 25.3 Å². The molecule has 0 spiro atoms. The zero-order chi connectivity index (χ0) is 15.9. The summed E-state index contributed by atoms with van der Waals surface area (Å²) >= 11 is 1.73. The molecule has 1 amide bonds. The number of aliphatic imine (C=N–C) groups is 1. The van der Waals surface area contributed by atoms with Crippen molar-refractivity contribution in [2.24, 2.45) is 4.99 Å². The smallest absolute Gasteiger partial charge is 0.219 e. The molecular weight excluding hydrogens is 425 g/mol. The van der Waals surface area contributed by atoms with Gasteiger partial charge in [0.1, 0.15) is 5.01 Å². The third kappa shape index (κ3) is 6.25. The van der Waals surface area contributed by atoms with Crippen LogP contribution in [0.15, 0.2) is 11.2 Å². The van der Waals surface area contributed by atoms with E-state index >= 15 is 0 Å². The Morgan fingerprint density at radius 1 is 1.48 bits per heavy atom. The molecule has 2 N–H and O–H groups in total. The van der Waals surface area contributed by atoms with Crippen molar-refractivity contribution in [3.8, 4) is 0 Å². The monoisotopic (exact) mass is 451 g/mol. The number of thiazole rings is 1. The van der Waals surface area contributed by atoms with Crippen LogP contribution in [-0.4, -0.2) is 47.9 Å². The molecule has 2 heterocycles. The van der Waals surface area contributed by atoms with Gasteiger partial charge in [-0.2, -0.15) is 0 Å². The first-order chi connectivity index (χ1) is 10.6. The average Bonchev–Trinajstić information content (AvgIpc) is 3.00. The summed E-state index contributed by atoms with van der Waals surface area (Å²) in [7, 11) is 1.78. The fourth-order valence-electron chi connectivity index (χ4n) is 2.48. The Morgan fingerprint density at radius 3 is 2.70 bits per heavy atom. The summed E-state index contributed by atoms with van der Waals surface area (Å²) in [6.07, 6.45) is 4.88. The van der Waals surface area contributed by atoms with Gasteiger partial charge < -0.3 is 15.5 Å². The molecule has 6 nitrogen and oxygen atoms in total. The SMILES string of the molecule is CCc1cnc(CNC(=NC)NC2CCN(C(C)=O)CC2)s1.I. The van der Waals surface area contributed by atoms with Gasteiger partial charge in [-0.3, -0.25) is 9.79 Å². The van der Waals surface area contributed by atoms with Gasteiger partial charge in [-0.05, 0) is 19.3 Å². The van der Waals surface area contributed by atoms with E-state index in [-0.39, 0.29) is 29.9 Å². The van der Waals surface area contributed by atoms with Crippen LogP contribution in [0.4, 0.5) is 0 Å². The molecule has 1 saturated heterocycles. The summed E-state index contributed by atoms with van der Waals surface area (Å²) in [5, 5.41) is 7.82.